The highest BCUT2D eigenvalue weighted by Gasteiger charge is 2.20. The Morgan fingerprint density at radius 3 is 2.50 bits per heavy atom. The van der Waals surface area contributed by atoms with Crippen LogP contribution in [0.1, 0.15) is 30.5 Å². The number of thiazole rings is 1. The van der Waals surface area contributed by atoms with E-state index in [4.69, 9.17) is 19.0 Å². The fourth-order valence-corrected chi connectivity index (χ4v) is 5.62. The number of hydrogen-bond donors (Lipinski definition) is 0. The Bertz CT molecular complexity index is 1530. The van der Waals surface area contributed by atoms with Crippen molar-refractivity contribution in [2.45, 2.75) is 32.9 Å². The van der Waals surface area contributed by atoms with Crippen LogP contribution in [0.5, 0.6) is 5.75 Å². The largest absolute Gasteiger partial charge is 0.492 e. The van der Waals surface area contributed by atoms with E-state index in [1.165, 1.54) is 18.4 Å². The summed E-state index contributed by atoms with van der Waals surface area (Å²) in [5.74, 6) is 0.317. The Balaban J connectivity index is 1.42. The number of oxime groups is 1. The number of carbonyl (C=O) groups is 1. The molecule has 1 atom stereocenters. The normalized spacial score (nSPS) is 12.3. The van der Waals surface area contributed by atoms with E-state index in [-0.39, 0.29) is 10.8 Å². The van der Waals surface area contributed by atoms with Gasteiger partial charge in [0.05, 0.1) is 23.4 Å². The van der Waals surface area contributed by atoms with Gasteiger partial charge in [-0.05, 0) is 55.8 Å². The molecule has 0 bridgehead atoms. The standard InChI is InChI=1S/C30H31BrN2O6S/c1-4-37-26(29(34)38-5-2)17-20-9-12-24(13-10-20)39-16-15-33-25-14-11-22(19-27(25)40-30(33)35)28(32-36-3)21-7-6-8-23(31)18-21/h6-14,18-19,26H,4-5,15-17H2,1-3H3/b32-28+. The fourth-order valence-electron chi connectivity index (χ4n) is 4.26. The number of hydrogen-bond acceptors (Lipinski definition) is 8. The molecule has 4 aromatic rings. The van der Waals surface area contributed by atoms with E-state index in [1.807, 2.05) is 73.7 Å². The van der Waals surface area contributed by atoms with Gasteiger partial charge in [0.25, 0.3) is 0 Å². The SMILES string of the molecule is CCOC(=O)C(Cc1ccc(OCCn2c(=O)sc3cc(/C(=N/OC)c4cccc(Br)c4)ccc32)cc1)OCC. The minimum Gasteiger partial charge on any atom is -0.492 e. The molecule has 0 aliphatic heterocycles. The molecule has 0 saturated heterocycles. The number of fused-ring (bicyclic) bond motifs is 1. The van der Waals surface area contributed by atoms with Gasteiger partial charge in [-0.15, -0.1) is 0 Å². The Labute approximate surface area is 245 Å². The molecule has 1 heterocycles. The van der Waals surface area contributed by atoms with Crippen molar-refractivity contribution in [2.75, 3.05) is 26.9 Å². The van der Waals surface area contributed by atoms with E-state index in [0.29, 0.717) is 44.2 Å². The van der Waals surface area contributed by atoms with Crippen LogP contribution in [0.25, 0.3) is 10.2 Å². The number of nitrogens with zero attached hydrogens (tertiary/aromatic N) is 2. The van der Waals surface area contributed by atoms with Crippen LogP contribution >= 0.6 is 27.3 Å². The maximum absolute atomic E-state index is 12.8. The Hall–Kier alpha value is -3.47. The van der Waals surface area contributed by atoms with E-state index >= 15 is 0 Å². The maximum atomic E-state index is 12.8. The fraction of sp³-hybridized carbons (Fsp3) is 0.300. The topological polar surface area (TPSA) is 88.4 Å². The molecule has 0 aliphatic rings. The maximum Gasteiger partial charge on any atom is 0.335 e. The quantitative estimate of drug-likeness (QED) is 0.106. The van der Waals surface area contributed by atoms with Gasteiger partial charge in [0.2, 0.25) is 0 Å². The predicted molar refractivity (Wildman–Crippen MR) is 161 cm³/mol. The molecule has 1 aromatic heterocycles. The summed E-state index contributed by atoms with van der Waals surface area (Å²) in [6.07, 6.45) is -0.216. The summed E-state index contributed by atoms with van der Waals surface area (Å²) in [6, 6.07) is 21.1. The Morgan fingerprint density at radius 2 is 1.80 bits per heavy atom. The first-order valence-corrected chi connectivity index (χ1v) is 14.5. The second-order valence-electron chi connectivity index (χ2n) is 8.73. The number of esters is 1. The molecule has 0 N–H and O–H groups in total. The molecule has 0 radical (unpaired) electrons. The predicted octanol–water partition coefficient (Wildman–Crippen LogP) is 5.81. The van der Waals surface area contributed by atoms with E-state index in [2.05, 4.69) is 21.1 Å². The molecule has 0 amide bonds. The molecule has 0 aliphatic carbocycles. The highest BCUT2D eigenvalue weighted by Crippen LogP contribution is 2.23. The van der Waals surface area contributed by atoms with E-state index in [1.54, 1.807) is 11.5 Å². The summed E-state index contributed by atoms with van der Waals surface area (Å²) in [7, 11) is 1.51. The van der Waals surface area contributed by atoms with Gasteiger partial charge in [-0.1, -0.05) is 62.8 Å². The molecule has 8 nitrogen and oxygen atoms in total. The molecule has 40 heavy (non-hydrogen) atoms. The molecule has 3 aromatic carbocycles. The van der Waals surface area contributed by atoms with Crippen LogP contribution in [0.4, 0.5) is 0 Å². The molecule has 4 rings (SSSR count). The monoisotopic (exact) mass is 626 g/mol. The van der Waals surface area contributed by atoms with Gasteiger partial charge in [-0.2, -0.15) is 0 Å². The van der Waals surface area contributed by atoms with Crippen molar-refractivity contribution in [1.82, 2.24) is 4.57 Å². The Kier molecular flexibility index (Phi) is 10.5. The lowest BCUT2D eigenvalue weighted by Crippen LogP contribution is -2.28. The number of carbonyl (C=O) groups excluding carboxylic acids is 1. The first-order chi connectivity index (χ1) is 19.4. The third kappa shape index (κ3) is 7.38. The van der Waals surface area contributed by atoms with Crippen LogP contribution in [0, 0.1) is 0 Å². The first-order valence-electron chi connectivity index (χ1n) is 12.9. The number of aromatic nitrogens is 1. The third-order valence-corrected chi connectivity index (χ3v) is 7.50. The van der Waals surface area contributed by atoms with Crippen molar-refractivity contribution in [3.8, 4) is 5.75 Å². The van der Waals surface area contributed by atoms with Gasteiger partial charge in [-0.3, -0.25) is 9.36 Å². The number of ether oxygens (including phenoxy) is 3. The first kappa shape index (κ1) is 29.5. The summed E-state index contributed by atoms with van der Waals surface area (Å²) in [5.41, 5.74) is 4.21. The molecular formula is C30H31BrN2O6S. The van der Waals surface area contributed by atoms with E-state index in [9.17, 15) is 9.59 Å². The van der Waals surface area contributed by atoms with Crippen LogP contribution < -0.4 is 9.61 Å². The summed E-state index contributed by atoms with van der Waals surface area (Å²) < 4.78 is 20.1. The lowest BCUT2D eigenvalue weighted by atomic mass is 10.0. The highest BCUT2D eigenvalue weighted by atomic mass is 79.9. The zero-order chi connectivity index (χ0) is 28.5. The number of benzene rings is 3. The van der Waals surface area contributed by atoms with Gasteiger partial charge in [0.1, 0.15) is 25.2 Å². The van der Waals surface area contributed by atoms with Crippen LogP contribution in [-0.4, -0.2) is 49.3 Å². The van der Waals surface area contributed by atoms with Crippen LogP contribution in [-0.2, 0) is 32.1 Å². The van der Waals surface area contributed by atoms with Crippen molar-refractivity contribution in [3.63, 3.8) is 0 Å². The lowest BCUT2D eigenvalue weighted by Gasteiger charge is -2.16. The molecule has 0 spiro atoms. The Morgan fingerprint density at radius 1 is 1.02 bits per heavy atom. The zero-order valence-electron chi connectivity index (χ0n) is 22.6. The van der Waals surface area contributed by atoms with Crippen molar-refractivity contribution >= 4 is 49.2 Å². The van der Waals surface area contributed by atoms with Crippen molar-refractivity contribution in [1.29, 1.82) is 0 Å². The van der Waals surface area contributed by atoms with Gasteiger partial charge in [0, 0.05) is 28.6 Å². The number of rotatable bonds is 13. The van der Waals surface area contributed by atoms with E-state index < -0.39 is 6.10 Å². The average Bonchev–Trinajstić information content (AvgIpc) is 3.26. The highest BCUT2D eigenvalue weighted by molar-refractivity contribution is 9.10. The van der Waals surface area contributed by atoms with Gasteiger partial charge >= 0.3 is 10.8 Å². The second-order valence-corrected chi connectivity index (χ2v) is 10.6. The van der Waals surface area contributed by atoms with Crippen LogP contribution in [0.2, 0.25) is 0 Å². The summed E-state index contributed by atoms with van der Waals surface area (Å²) in [6.45, 7) is 5.09. The molecule has 210 valence electrons. The molecule has 10 heteroatoms. The molecular weight excluding hydrogens is 596 g/mol. The average molecular weight is 628 g/mol. The minimum absolute atomic E-state index is 0.0558. The van der Waals surface area contributed by atoms with E-state index in [0.717, 1.165) is 31.4 Å². The molecule has 1 unspecified atom stereocenters. The zero-order valence-corrected chi connectivity index (χ0v) is 25.0. The number of halogens is 1. The van der Waals surface area contributed by atoms with Crippen molar-refractivity contribution < 1.29 is 23.8 Å². The van der Waals surface area contributed by atoms with Crippen molar-refractivity contribution in [3.05, 3.63) is 97.6 Å². The lowest BCUT2D eigenvalue weighted by molar-refractivity contribution is -0.156. The second kappa shape index (κ2) is 14.2. The summed E-state index contributed by atoms with van der Waals surface area (Å²) in [4.78, 5) is 30.0. The van der Waals surface area contributed by atoms with Crippen LogP contribution in [0.15, 0.2) is 81.2 Å². The van der Waals surface area contributed by atoms with Crippen molar-refractivity contribution in [2.24, 2.45) is 5.16 Å². The van der Waals surface area contributed by atoms with Gasteiger partial charge in [-0.25, -0.2) is 4.79 Å². The summed E-state index contributed by atoms with van der Waals surface area (Å²) in [5, 5.41) is 4.24. The minimum atomic E-state index is -0.637. The molecule has 0 fully saturated rings. The van der Waals surface area contributed by atoms with Gasteiger partial charge in [0.15, 0.2) is 6.10 Å². The third-order valence-electron chi connectivity index (χ3n) is 6.07. The van der Waals surface area contributed by atoms with Gasteiger partial charge < -0.3 is 19.0 Å². The van der Waals surface area contributed by atoms with Crippen LogP contribution in [0.3, 0.4) is 0 Å². The molecule has 0 saturated carbocycles. The summed E-state index contributed by atoms with van der Waals surface area (Å²) >= 11 is 4.69. The smallest absolute Gasteiger partial charge is 0.335 e.